The minimum atomic E-state index is -4.54. The summed E-state index contributed by atoms with van der Waals surface area (Å²) in [6.07, 6.45) is 9.58. The molecule has 1 aliphatic heterocycles. The van der Waals surface area contributed by atoms with Gasteiger partial charge in [-0.15, -0.1) is 0 Å². The second kappa shape index (κ2) is 17.2. The van der Waals surface area contributed by atoms with E-state index < -0.39 is 11.7 Å². The number of benzene rings is 1. The molecule has 3 fully saturated rings. The molecule has 2 saturated carbocycles. The third-order valence-electron chi connectivity index (χ3n) is 9.42. The van der Waals surface area contributed by atoms with Crippen LogP contribution in [0.15, 0.2) is 37.2 Å². The molecule has 7 nitrogen and oxygen atoms in total. The Balaban J connectivity index is 0.000000533. The topological polar surface area (TPSA) is 59.6 Å². The van der Waals surface area contributed by atoms with Gasteiger partial charge in [-0.3, -0.25) is 0 Å². The predicted molar refractivity (Wildman–Crippen MR) is 185 cm³/mol. The number of hydrogen-bond donors (Lipinski definition) is 2. The molecule has 2 N–H and O–H groups in total. The first-order chi connectivity index (χ1) is 22.1. The number of rotatable bonds is 15. The molecule has 2 aliphatic carbocycles. The fourth-order valence-corrected chi connectivity index (χ4v) is 6.25. The second-order valence-electron chi connectivity index (χ2n) is 13.4. The molecule has 1 saturated heterocycles. The fraction of sp³-hybridized carbons (Fsp3) is 0.667. The molecule has 0 bridgehead atoms. The van der Waals surface area contributed by atoms with E-state index in [1.165, 1.54) is 56.4 Å². The van der Waals surface area contributed by atoms with E-state index in [0.29, 0.717) is 24.9 Å². The van der Waals surface area contributed by atoms with E-state index in [2.05, 4.69) is 81.8 Å². The smallest absolute Gasteiger partial charge is 0.375 e. The van der Waals surface area contributed by atoms with Crippen molar-refractivity contribution in [2.24, 2.45) is 5.92 Å². The molecular weight excluding hydrogens is 587 g/mol. The van der Waals surface area contributed by atoms with Crippen molar-refractivity contribution in [1.29, 1.82) is 0 Å². The van der Waals surface area contributed by atoms with Gasteiger partial charge in [0.15, 0.2) is 0 Å². The van der Waals surface area contributed by atoms with E-state index in [9.17, 15) is 13.2 Å². The maximum absolute atomic E-state index is 13.7. The molecule has 0 unspecified atom stereocenters. The van der Waals surface area contributed by atoms with Gasteiger partial charge in [-0.05, 0) is 126 Å². The van der Waals surface area contributed by atoms with Crippen molar-refractivity contribution in [3.63, 3.8) is 0 Å². The molecule has 2 aromatic rings. The summed E-state index contributed by atoms with van der Waals surface area (Å²) >= 11 is 0. The highest BCUT2D eigenvalue weighted by Crippen LogP contribution is 2.45. The standard InChI is InChI=1S/C29H39F3N6.C7H17N/c1-3-37(22-6-4-7-22)15-5-14-33-27-25(29(30,31)32)19-34-28(36-27)35-26-11-10-23(18-24(26)21-8-9-21)38-16-12-20(2)13-17-38;1-4-6-8(3)7-5-2/h3,10-11,18-22H,1,4-9,12-17H2,2H3,(H2,33,34,35,36);4-7H2,1-3H3. The number of aromatic nitrogens is 2. The van der Waals surface area contributed by atoms with Gasteiger partial charge in [0.1, 0.15) is 11.4 Å². The lowest BCUT2D eigenvalue weighted by Crippen LogP contribution is -2.37. The molecule has 1 aromatic carbocycles. The van der Waals surface area contributed by atoms with E-state index in [4.69, 9.17) is 0 Å². The third-order valence-corrected chi connectivity index (χ3v) is 9.42. The first kappa shape index (κ1) is 35.8. The van der Waals surface area contributed by atoms with Crippen molar-refractivity contribution in [3.8, 4) is 0 Å². The maximum Gasteiger partial charge on any atom is 0.421 e. The Morgan fingerprint density at radius 1 is 1.02 bits per heavy atom. The van der Waals surface area contributed by atoms with Crippen LogP contribution in [0.5, 0.6) is 0 Å². The highest BCUT2D eigenvalue weighted by molar-refractivity contribution is 5.67. The number of nitrogens with zero attached hydrogens (tertiary/aromatic N) is 5. The summed E-state index contributed by atoms with van der Waals surface area (Å²) in [6.45, 7) is 16.4. The van der Waals surface area contributed by atoms with Gasteiger partial charge >= 0.3 is 6.18 Å². The van der Waals surface area contributed by atoms with Crippen LogP contribution in [-0.4, -0.2) is 72.1 Å². The lowest BCUT2D eigenvalue weighted by atomic mass is 9.91. The maximum atomic E-state index is 13.7. The van der Waals surface area contributed by atoms with Crippen LogP contribution >= 0.6 is 0 Å². The van der Waals surface area contributed by atoms with Crippen LogP contribution in [0.1, 0.15) is 102 Å². The normalized spacial score (nSPS) is 17.3. The zero-order valence-electron chi connectivity index (χ0n) is 28.5. The van der Waals surface area contributed by atoms with Crippen LogP contribution in [-0.2, 0) is 6.18 Å². The summed E-state index contributed by atoms with van der Waals surface area (Å²) < 4.78 is 41.1. The van der Waals surface area contributed by atoms with E-state index >= 15 is 0 Å². The lowest BCUT2D eigenvalue weighted by Gasteiger charge is -2.36. The highest BCUT2D eigenvalue weighted by atomic mass is 19.4. The van der Waals surface area contributed by atoms with Crippen LogP contribution in [0.2, 0.25) is 0 Å². The quantitative estimate of drug-likeness (QED) is 0.188. The zero-order valence-corrected chi connectivity index (χ0v) is 28.5. The first-order valence-corrected chi connectivity index (χ1v) is 17.5. The van der Waals surface area contributed by atoms with Gasteiger partial charge in [0.25, 0.3) is 0 Å². The minimum absolute atomic E-state index is 0.170. The Labute approximate surface area is 275 Å². The third kappa shape index (κ3) is 10.5. The number of halogens is 3. The number of anilines is 4. The van der Waals surface area contributed by atoms with E-state index in [0.717, 1.165) is 63.1 Å². The lowest BCUT2D eigenvalue weighted by molar-refractivity contribution is -0.137. The molecule has 10 heteroatoms. The number of piperidine rings is 1. The number of nitrogens with one attached hydrogen (secondary N) is 2. The monoisotopic (exact) mass is 643 g/mol. The Kier molecular flexibility index (Phi) is 13.4. The summed E-state index contributed by atoms with van der Waals surface area (Å²) in [5, 5.41) is 6.16. The molecule has 0 atom stereocenters. The summed E-state index contributed by atoms with van der Waals surface area (Å²) in [5.41, 5.74) is 2.43. The molecular formula is C36H56F3N7. The Bertz CT molecular complexity index is 1210. The highest BCUT2D eigenvalue weighted by Gasteiger charge is 2.35. The summed E-state index contributed by atoms with van der Waals surface area (Å²) in [4.78, 5) is 15.3. The van der Waals surface area contributed by atoms with E-state index in [1.54, 1.807) is 0 Å². The van der Waals surface area contributed by atoms with Gasteiger partial charge in [0.2, 0.25) is 5.95 Å². The molecule has 1 aromatic heterocycles. The van der Waals surface area contributed by atoms with Gasteiger partial charge in [-0.1, -0.05) is 27.4 Å². The molecule has 0 amide bonds. The van der Waals surface area contributed by atoms with Gasteiger partial charge in [0.05, 0.1) is 0 Å². The summed E-state index contributed by atoms with van der Waals surface area (Å²) in [5.74, 6) is 1.22. The van der Waals surface area contributed by atoms with Crippen molar-refractivity contribution in [1.82, 2.24) is 19.8 Å². The molecule has 46 heavy (non-hydrogen) atoms. The minimum Gasteiger partial charge on any atom is -0.375 e. The largest absolute Gasteiger partial charge is 0.421 e. The Morgan fingerprint density at radius 2 is 1.72 bits per heavy atom. The van der Waals surface area contributed by atoms with Gasteiger partial charge < -0.3 is 25.3 Å². The molecule has 5 rings (SSSR count). The van der Waals surface area contributed by atoms with E-state index in [1.807, 2.05) is 12.3 Å². The molecule has 0 radical (unpaired) electrons. The van der Waals surface area contributed by atoms with Crippen molar-refractivity contribution >= 4 is 23.1 Å². The molecule has 2 heterocycles. The first-order valence-electron chi connectivity index (χ1n) is 17.5. The average molecular weight is 644 g/mol. The van der Waals surface area contributed by atoms with Gasteiger partial charge in [0, 0.05) is 49.8 Å². The van der Waals surface area contributed by atoms with E-state index in [-0.39, 0.29) is 11.8 Å². The molecule has 0 spiro atoms. The SMILES string of the molecule is C=CN(CCCNc1nc(Nc2ccc(N3CCC(C)CC3)cc2C2CC2)ncc1C(F)(F)F)C1CCC1.CCCN(C)CCC. The Hall–Kier alpha value is -3.01. The average Bonchev–Trinajstić information content (AvgIpc) is 3.84. The Morgan fingerprint density at radius 3 is 2.28 bits per heavy atom. The molecule has 3 aliphatic rings. The summed E-state index contributed by atoms with van der Waals surface area (Å²) in [7, 11) is 2.17. The molecule has 256 valence electrons. The van der Waals surface area contributed by atoms with Crippen molar-refractivity contribution in [3.05, 3.63) is 48.3 Å². The van der Waals surface area contributed by atoms with Gasteiger partial charge in [-0.2, -0.15) is 18.2 Å². The zero-order chi connectivity index (χ0) is 33.1. The van der Waals surface area contributed by atoms with Crippen molar-refractivity contribution in [2.75, 3.05) is 61.8 Å². The van der Waals surface area contributed by atoms with Crippen molar-refractivity contribution < 1.29 is 13.2 Å². The number of alkyl halides is 3. The van der Waals surface area contributed by atoms with Crippen molar-refractivity contribution in [2.45, 2.75) is 103 Å². The van der Waals surface area contributed by atoms with Gasteiger partial charge in [-0.25, -0.2) is 4.98 Å². The second-order valence-corrected chi connectivity index (χ2v) is 13.4. The van der Waals surface area contributed by atoms with Crippen LogP contribution < -0.4 is 15.5 Å². The van der Waals surface area contributed by atoms with Crippen LogP contribution in [0.4, 0.5) is 36.3 Å². The number of hydrogen-bond acceptors (Lipinski definition) is 7. The summed E-state index contributed by atoms with van der Waals surface area (Å²) in [6, 6.07) is 6.88. The predicted octanol–water partition coefficient (Wildman–Crippen LogP) is 8.89. The van der Waals surface area contributed by atoms with Crippen LogP contribution in [0.25, 0.3) is 0 Å². The van der Waals surface area contributed by atoms with Crippen LogP contribution in [0, 0.1) is 5.92 Å². The fourth-order valence-electron chi connectivity index (χ4n) is 6.25. The van der Waals surface area contributed by atoms with Crippen LogP contribution in [0.3, 0.4) is 0 Å².